The molecule has 3 aromatic rings. The molecule has 3 aromatic carbocycles. The zero-order valence-electron chi connectivity index (χ0n) is 18.3. The SMILES string of the molecule is COc1ccc(C=CC(=O)Nc2ccc(S(=O)(=O)N3CCc4ccccc43)cc2)cc1OC. The molecule has 0 aromatic heterocycles. The number of ether oxygens (including phenoxy) is 2. The Labute approximate surface area is 193 Å². The van der Waals surface area contributed by atoms with Gasteiger partial charge in [0, 0.05) is 18.3 Å². The lowest BCUT2D eigenvalue weighted by Gasteiger charge is -2.19. The van der Waals surface area contributed by atoms with Gasteiger partial charge < -0.3 is 14.8 Å². The summed E-state index contributed by atoms with van der Waals surface area (Å²) < 4.78 is 38.1. The minimum atomic E-state index is -3.67. The van der Waals surface area contributed by atoms with Gasteiger partial charge >= 0.3 is 0 Å². The third-order valence-corrected chi connectivity index (χ3v) is 7.22. The molecule has 1 N–H and O–H groups in total. The number of fused-ring (bicyclic) bond motifs is 1. The highest BCUT2D eigenvalue weighted by Gasteiger charge is 2.30. The van der Waals surface area contributed by atoms with E-state index in [1.807, 2.05) is 24.3 Å². The summed E-state index contributed by atoms with van der Waals surface area (Å²) in [5.41, 5.74) is 3.01. The number of anilines is 2. The minimum Gasteiger partial charge on any atom is -0.493 e. The van der Waals surface area contributed by atoms with Gasteiger partial charge in [0.05, 0.1) is 24.8 Å². The second kappa shape index (κ2) is 9.38. The zero-order valence-corrected chi connectivity index (χ0v) is 19.1. The predicted octanol–water partition coefficient (Wildman–Crippen LogP) is 4.11. The summed E-state index contributed by atoms with van der Waals surface area (Å²) in [6.07, 6.45) is 3.74. The van der Waals surface area contributed by atoms with Crippen molar-refractivity contribution >= 4 is 33.4 Å². The van der Waals surface area contributed by atoms with Gasteiger partial charge in [-0.05, 0) is 66.1 Å². The van der Waals surface area contributed by atoms with E-state index in [0.717, 1.165) is 16.8 Å². The Balaban J connectivity index is 1.44. The first-order chi connectivity index (χ1) is 15.9. The van der Waals surface area contributed by atoms with Crippen LogP contribution in [0.4, 0.5) is 11.4 Å². The molecule has 1 aliphatic heterocycles. The maximum atomic E-state index is 13.1. The van der Waals surface area contributed by atoms with Crippen LogP contribution in [0.15, 0.2) is 77.7 Å². The minimum absolute atomic E-state index is 0.179. The summed E-state index contributed by atoms with van der Waals surface area (Å²) in [7, 11) is -0.569. The van der Waals surface area contributed by atoms with Crippen LogP contribution in [0.5, 0.6) is 11.5 Å². The highest BCUT2D eigenvalue weighted by molar-refractivity contribution is 7.92. The van der Waals surface area contributed by atoms with E-state index in [1.165, 1.54) is 22.5 Å². The standard InChI is InChI=1S/C25H24N2O5S/c1-31-23-13-7-18(17-24(23)32-2)8-14-25(28)26-20-9-11-21(12-10-20)33(29,30)27-16-15-19-5-3-4-6-22(19)27/h3-14,17H,15-16H2,1-2H3,(H,26,28). The average molecular weight is 465 g/mol. The van der Waals surface area contributed by atoms with E-state index in [2.05, 4.69) is 5.32 Å². The number of carbonyl (C=O) groups is 1. The molecule has 0 spiro atoms. The molecular weight excluding hydrogens is 440 g/mol. The molecule has 0 saturated carbocycles. The fourth-order valence-corrected chi connectivity index (χ4v) is 5.21. The van der Waals surface area contributed by atoms with Crippen molar-refractivity contribution in [2.75, 3.05) is 30.4 Å². The molecule has 0 atom stereocenters. The van der Waals surface area contributed by atoms with Gasteiger partial charge in [0.2, 0.25) is 5.91 Å². The highest BCUT2D eigenvalue weighted by Crippen LogP contribution is 2.33. The topological polar surface area (TPSA) is 84.9 Å². The third-order valence-electron chi connectivity index (χ3n) is 5.39. The van der Waals surface area contributed by atoms with Crippen LogP contribution < -0.4 is 19.1 Å². The smallest absolute Gasteiger partial charge is 0.264 e. The molecule has 7 nitrogen and oxygen atoms in total. The molecule has 1 heterocycles. The van der Waals surface area contributed by atoms with Gasteiger partial charge in [0.1, 0.15) is 0 Å². The van der Waals surface area contributed by atoms with Gasteiger partial charge in [-0.3, -0.25) is 9.10 Å². The molecule has 0 radical (unpaired) electrons. The van der Waals surface area contributed by atoms with E-state index in [0.29, 0.717) is 30.2 Å². The number of sulfonamides is 1. The normalized spacial score (nSPS) is 13.1. The molecule has 4 rings (SSSR count). The largest absolute Gasteiger partial charge is 0.493 e. The summed E-state index contributed by atoms with van der Waals surface area (Å²) in [6.45, 7) is 0.418. The van der Waals surface area contributed by atoms with Crippen molar-refractivity contribution in [2.45, 2.75) is 11.3 Å². The first kappa shape index (κ1) is 22.4. The lowest BCUT2D eigenvalue weighted by molar-refractivity contribution is -0.111. The maximum absolute atomic E-state index is 13.1. The number of methoxy groups -OCH3 is 2. The lowest BCUT2D eigenvalue weighted by atomic mass is 10.2. The first-order valence-electron chi connectivity index (χ1n) is 10.3. The van der Waals surface area contributed by atoms with Crippen molar-refractivity contribution in [3.8, 4) is 11.5 Å². The quantitative estimate of drug-likeness (QED) is 0.532. The predicted molar refractivity (Wildman–Crippen MR) is 128 cm³/mol. The number of hydrogen-bond donors (Lipinski definition) is 1. The molecule has 0 unspecified atom stereocenters. The summed E-state index contributed by atoms with van der Waals surface area (Å²) in [5, 5.41) is 2.74. The van der Waals surface area contributed by atoms with Crippen LogP contribution >= 0.6 is 0 Å². The second-order valence-electron chi connectivity index (χ2n) is 7.42. The van der Waals surface area contributed by atoms with E-state index < -0.39 is 10.0 Å². The Hall–Kier alpha value is -3.78. The highest BCUT2D eigenvalue weighted by atomic mass is 32.2. The van der Waals surface area contributed by atoms with Gasteiger partial charge in [-0.15, -0.1) is 0 Å². The molecule has 0 saturated heterocycles. The number of nitrogens with one attached hydrogen (secondary N) is 1. The van der Waals surface area contributed by atoms with Crippen LogP contribution in [0, 0.1) is 0 Å². The average Bonchev–Trinajstić information content (AvgIpc) is 3.28. The van der Waals surface area contributed by atoms with Crippen LogP contribution in [0.25, 0.3) is 6.08 Å². The monoisotopic (exact) mass is 464 g/mol. The van der Waals surface area contributed by atoms with E-state index in [9.17, 15) is 13.2 Å². The fraction of sp³-hybridized carbons (Fsp3) is 0.160. The Bertz CT molecular complexity index is 1300. The molecule has 8 heteroatoms. The molecule has 33 heavy (non-hydrogen) atoms. The summed E-state index contributed by atoms with van der Waals surface area (Å²) in [6, 6.07) is 19.0. The first-order valence-corrected chi connectivity index (χ1v) is 11.8. The van der Waals surface area contributed by atoms with E-state index in [4.69, 9.17) is 9.47 Å². The molecule has 170 valence electrons. The van der Waals surface area contributed by atoms with Crippen LogP contribution in [0.2, 0.25) is 0 Å². The molecule has 1 amide bonds. The molecule has 0 aliphatic carbocycles. The third kappa shape index (κ3) is 4.70. The van der Waals surface area contributed by atoms with Crippen LogP contribution in [0.1, 0.15) is 11.1 Å². The Morgan fingerprint density at radius 1 is 0.970 bits per heavy atom. The zero-order chi connectivity index (χ0) is 23.4. The van der Waals surface area contributed by atoms with Crippen LogP contribution in [-0.2, 0) is 21.2 Å². The molecule has 0 fully saturated rings. The van der Waals surface area contributed by atoms with E-state index >= 15 is 0 Å². The number of rotatable bonds is 7. The summed E-state index contributed by atoms with van der Waals surface area (Å²) in [5.74, 6) is 0.831. The van der Waals surface area contributed by atoms with Crippen molar-refractivity contribution in [1.82, 2.24) is 0 Å². The van der Waals surface area contributed by atoms with Gasteiger partial charge in [0.15, 0.2) is 11.5 Å². The number of hydrogen-bond acceptors (Lipinski definition) is 5. The molecule has 1 aliphatic rings. The summed E-state index contributed by atoms with van der Waals surface area (Å²) in [4.78, 5) is 12.5. The molecule has 0 bridgehead atoms. The maximum Gasteiger partial charge on any atom is 0.264 e. The number of amides is 1. The number of para-hydroxylation sites is 1. The van der Waals surface area contributed by atoms with Gasteiger partial charge in [-0.2, -0.15) is 0 Å². The van der Waals surface area contributed by atoms with E-state index in [-0.39, 0.29) is 10.8 Å². The Morgan fingerprint density at radius 2 is 1.70 bits per heavy atom. The van der Waals surface area contributed by atoms with Crippen molar-refractivity contribution in [2.24, 2.45) is 0 Å². The number of benzene rings is 3. The lowest BCUT2D eigenvalue weighted by Crippen LogP contribution is -2.29. The Morgan fingerprint density at radius 3 is 2.42 bits per heavy atom. The van der Waals surface area contributed by atoms with Crippen LogP contribution in [-0.4, -0.2) is 35.1 Å². The number of carbonyl (C=O) groups excluding carboxylic acids is 1. The molecular formula is C25H24N2O5S. The van der Waals surface area contributed by atoms with Crippen molar-refractivity contribution in [3.63, 3.8) is 0 Å². The van der Waals surface area contributed by atoms with Crippen LogP contribution in [0.3, 0.4) is 0 Å². The van der Waals surface area contributed by atoms with Crippen molar-refractivity contribution < 1.29 is 22.7 Å². The summed E-state index contributed by atoms with van der Waals surface area (Å²) >= 11 is 0. The Kier molecular flexibility index (Phi) is 6.37. The van der Waals surface area contributed by atoms with E-state index in [1.54, 1.807) is 50.6 Å². The second-order valence-corrected chi connectivity index (χ2v) is 9.28. The van der Waals surface area contributed by atoms with Crippen molar-refractivity contribution in [1.29, 1.82) is 0 Å². The van der Waals surface area contributed by atoms with Gasteiger partial charge in [-0.1, -0.05) is 24.3 Å². The number of nitrogens with zero attached hydrogens (tertiary/aromatic N) is 1. The fourth-order valence-electron chi connectivity index (χ4n) is 3.71. The van der Waals surface area contributed by atoms with Gasteiger partial charge in [-0.25, -0.2) is 8.42 Å². The van der Waals surface area contributed by atoms with Gasteiger partial charge in [0.25, 0.3) is 10.0 Å². The van der Waals surface area contributed by atoms with Crippen molar-refractivity contribution in [3.05, 3.63) is 83.9 Å².